The summed E-state index contributed by atoms with van der Waals surface area (Å²) in [5.74, 6) is -0.0328. The number of benzene rings is 2. The Hall–Kier alpha value is -3.93. The quantitative estimate of drug-likeness (QED) is 0.231. The number of carbonyl (C=O) groups is 3. The molecule has 1 fully saturated rings. The summed E-state index contributed by atoms with van der Waals surface area (Å²) in [7, 11) is 0. The van der Waals surface area contributed by atoms with Crippen LogP contribution in [0.4, 0.5) is 10.5 Å². The molecule has 0 unspecified atom stereocenters. The number of carbonyl (C=O) groups excluding carboxylic acids is 3. The number of nitrogens with one attached hydrogen (secondary N) is 5. The lowest BCUT2D eigenvalue weighted by molar-refractivity contribution is -0.130. The zero-order chi connectivity index (χ0) is 30.3. The second kappa shape index (κ2) is 13.8. The van der Waals surface area contributed by atoms with Crippen LogP contribution < -0.4 is 21.6 Å². The van der Waals surface area contributed by atoms with Crippen molar-refractivity contribution in [1.29, 1.82) is 0 Å². The normalized spacial score (nSPS) is 17.6. The molecule has 12 heteroatoms. The molecule has 1 heterocycles. The van der Waals surface area contributed by atoms with Gasteiger partial charge in [-0.05, 0) is 94.3 Å². The van der Waals surface area contributed by atoms with Gasteiger partial charge in [0.1, 0.15) is 11.6 Å². The number of aromatic amines is 2. The summed E-state index contributed by atoms with van der Waals surface area (Å²) in [6.07, 6.45) is 2.82. The molecule has 2 aromatic carbocycles. The first-order valence-corrected chi connectivity index (χ1v) is 14.8. The van der Waals surface area contributed by atoms with E-state index in [1.54, 1.807) is 24.3 Å². The lowest BCUT2D eigenvalue weighted by Gasteiger charge is -2.29. The number of nitrogens with zero attached hydrogens (tertiary/aromatic N) is 1. The van der Waals surface area contributed by atoms with Crippen molar-refractivity contribution >= 4 is 39.5 Å². The predicted molar refractivity (Wildman–Crippen MR) is 163 cm³/mol. The smallest absolute Gasteiger partial charge is 0.407 e. The fraction of sp³-hybridized carbons (Fsp3) is 0.433. The van der Waals surface area contributed by atoms with Gasteiger partial charge in [0.2, 0.25) is 11.8 Å². The highest BCUT2D eigenvalue weighted by molar-refractivity contribution is 9.10. The molecule has 0 radical (unpaired) electrons. The van der Waals surface area contributed by atoms with Crippen LogP contribution in [0.25, 0.3) is 11.4 Å². The number of rotatable bonds is 9. The molecular formula is C30H37BrN6O5. The average Bonchev–Trinajstić information content (AvgIpc) is 3.37. The SMILES string of the molecule is CC(C)(C)OC(=O)NCC1CCC(C(=O)N[C@@H](Cc2cccc(Br)c2)C(=O)Nc2ccc(-c3n[nH]c(=O)[nH]3)cc2)CC1. The average molecular weight is 642 g/mol. The summed E-state index contributed by atoms with van der Waals surface area (Å²) in [6.45, 7) is 5.97. The van der Waals surface area contributed by atoms with E-state index in [1.807, 2.05) is 45.0 Å². The van der Waals surface area contributed by atoms with Gasteiger partial charge in [-0.2, -0.15) is 5.10 Å². The lowest BCUT2D eigenvalue weighted by atomic mass is 9.81. The molecule has 42 heavy (non-hydrogen) atoms. The molecule has 11 nitrogen and oxygen atoms in total. The minimum absolute atomic E-state index is 0.151. The predicted octanol–water partition coefficient (Wildman–Crippen LogP) is 4.52. The minimum atomic E-state index is -0.791. The van der Waals surface area contributed by atoms with Crippen molar-refractivity contribution in [2.45, 2.75) is 64.5 Å². The largest absolute Gasteiger partial charge is 0.444 e. The van der Waals surface area contributed by atoms with Gasteiger partial charge in [-0.1, -0.05) is 28.1 Å². The number of hydrogen-bond acceptors (Lipinski definition) is 6. The van der Waals surface area contributed by atoms with Crippen LogP contribution in [0.5, 0.6) is 0 Å². The van der Waals surface area contributed by atoms with Crippen LogP contribution in [-0.4, -0.2) is 51.3 Å². The van der Waals surface area contributed by atoms with E-state index < -0.39 is 23.4 Å². The summed E-state index contributed by atoms with van der Waals surface area (Å²) < 4.78 is 6.19. The van der Waals surface area contributed by atoms with E-state index in [0.29, 0.717) is 42.9 Å². The molecule has 1 aliphatic rings. The molecule has 0 spiro atoms. The van der Waals surface area contributed by atoms with E-state index >= 15 is 0 Å². The van der Waals surface area contributed by atoms with Gasteiger partial charge in [-0.15, -0.1) is 0 Å². The molecule has 1 aromatic heterocycles. The van der Waals surface area contributed by atoms with Gasteiger partial charge >= 0.3 is 11.8 Å². The standard InChI is InChI=1S/C30H37BrN6O5/c1-30(2,3)42-29(41)32-17-18-7-9-21(10-8-18)26(38)34-24(16-19-5-4-6-22(31)15-19)27(39)33-23-13-11-20(12-14-23)25-35-28(40)37-36-25/h4-6,11-15,18,21,24H,7-10,16-17H2,1-3H3,(H,32,41)(H,33,39)(H,34,38)(H2,35,36,37,40)/t18?,21?,24-/m0/s1. The van der Waals surface area contributed by atoms with Crippen LogP contribution in [-0.2, 0) is 20.7 Å². The highest BCUT2D eigenvalue weighted by Gasteiger charge is 2.30. The van der Waals surface area contributed by atoms with Gasteiger partial charge in [0.25, 0.3) is 0 Å². The maximum atomic E-state index is 13.4. The summed E-state index contributed by atoms with van der Waals surface area (Å²) in [6, 6.07) is 13.7. The number of hydrogen-bond donors (Lipinski definition) is 5. The Morgan fingerprint density at radius 3 is 2.40 bits per heavy atom. The maximum absolute atomic E-state index is 13.4. The Balaban J connectivity index is 1.36. The van der Waals surface area contributed by atoms with Crippen LogP contribution in [0.3, 0.4) is 0 Å². The summed E-state index contributed by atoms with van der Waals surface area (Å²) >= 11 is 3.47. The number of halogens is 1. The van der Waals surface area contributed by atoms with Crippen LogP contribution in [0.15, 0.2) is 57.8 Å². The van der Waals surface area contributed by atoms with Gasteiger partial charge in [-0.25, -0.2) is 14.7 Å². The molecule has 3 aromatic rings. The summed E-state index contributed by atoms with van der Waals surface area (Å²) in [4.78, 5) is 52.7. The van der Waals surface area contributed by atoms with Gasteiger partial charge in [0.15, 0.2) is 5.82 Å². The van der Waals surface area contributed by atoms with Gasteiger partial charge in [0.05, 0.1) is 0 Å². The second-order valence-corrected chi connectivity index (χ2v) is 12.5. The highest BCUT2D eigenvalue weighted by atomic mass is 79.9. The third-order valence-corrected chi connectivity index (χ3v) is 7.53. The van der Waals surface area contributed by atoms with Crippen molar-refractivity contribution in [3.8, 4) is 11.4 Å². The number of anilines is 1. The molecule has 0 aliphatic heterocycles. The number of H-pyrrole nitrogens is 2. The first-order valence-electron chi connectivity index (χ1n) is 14.0. The molecule has 4 rings (SSSR count). The summed E-state index contributed by atoms with van der Waals surface area (Å²) in [5.41, 5.74) is 1.18. The molecule has 0 bridgehead atoms. The van der Waals surface area contributed by atoms with E-state index in [4.69, 9.17) is 4.74 Å². The van der Waals surface area contributed by atoms with E-state index in [2.05, 4.69) is 47.1 Å². The summed E-state index contributed by atoms with van der Waals surface area (Å²) in [5, 5.41) is 15.0. The van der Waals surface area contributed by atoms with Crippen molar-refractivity contribution in [1.82, 2.24) is 25.8 Å². The first kappa shape index (κ1) is 31.0. The number of aromatic nitrogens is 3. The Labute approximate surface area is 252 Å². The molecule has 224 valence electrons. The molecule has 5 N–H and O–H groups in total. The van der Waals surface area contributed by atoms with Gasteiger partial charge < -0.3 is 20.7 Å². The second-order valence-electron chi connectivity index (χ2n) is 11.6. The van der Waals surface area contributed by atoms with Gasteiger partial charge in [-0.3, -0.25) is 14.6 Å². The van der Waals surface area contributed by atoms with Crippen molar-refractivity contribution in [3.63, 3.8) is 0 Å². The topological polar surface area (TPSA) is 158 Å². The van der Waals surface area contributed by atoms with Gasteiger partial charge in [0, 0.05) is 34.6 Å². The van der Waals surface area contributed by atoms with Crippen LogP contribution in [0.2, 0.25) is 0 Å². The van der Waals surface area contributed by atoms with E-state index in [9.17, 15) is 19.2 Å². The highest BCUT2D eigenvalue weighted by Crippen LogP contribution is 2.29. The molecule has 1 saturated carbocycles. The molecule has 0 saturated heterocycles. The number of ether oxygens (including phenoxy) is 1. The van der Waals surface area contributed by atoms with Crippen LogP contribution in [0.1, 0.15) is 52.0 Å². The molecule has 1 atom stereocenters. The van der Waals surface area contributed by atoms with E-state index in [1.165, 1.54) is 0 Å². The molecule has 3 amide bonds. The van der Waals surface area contributed by atoms with Crippen LogP contribution in [0, 0.1) is 11.8 Å². The Kier molecular flexibility index (Phi) is 10.2. The zero-order valence-electron chi connectivity index (χ0n) is 24.0. The molecule has 1 aliphatic carbocycles. The molecular weight excluding hydrogens is 604 g/mol. The third-order valence-electron chi connectivity index (χ3n) is 7.04. The van der Waals surface area contributed by atoms with E-state index in [0.717, 1.165) is 22.9 Å². The Morgan fingerprint density at radius 1 is 1.07 bits per heavy atom. The van der Waals surface area contributed by atoms with E-state index in [-0.39, 0.29) is 23.7 Å². The third kappa shape index (κ3) is 9.30. The fourth-order valence-corrected chi connectivity index (χ4v) is 5.36. The number of amides is 3. The van der Waals surface area contributed by atoms with Crippen molar-refractivity contribution in [2.24, 2.45) is 11.8 Å². The number of alkyl carbamates (subject to hydrolysis) is 1. The lowest BCUT2D eigenvalue weighted by Crippen LogP contribution is -2.48. The van der Waals surface area contributed by atoms with Crippen LogP contribution >= 0.6 is 15.9 Å². The Morgan fingerprint density at radius 2 is 1.79 bits per heavy atom. The van der Waals surface area contributed by atoms with Crippen molar-refractivity contribution in [3.05, 3.63) is 69.1 Å². The first-order chi connectivity index (χ1) is 19.9. The van der Waals surface area contributed by atoms with Crippen molar-refractivity contribution in [2.75, 3.05) is 11.9 Å². The minimum Gasteiger partial charge on any atom is -0.444 e. The maximum Gasteiger partial charge on any atom is 0.407 e. The van der Waals surface area contributed by atoms with Crippen molar-refractivity contribution < 1.29 is 19.1 Å². The monoisotopic (exact) mass is 640 g/mol. The zero-order valence-corrected chi connectivity index (χ0v) is 25.5. The Bertz CT molecular complexity index is 1440. The fourth-order valence-electron chi connectivity index (χ4n) is 4.92.